The van der Waals surface area contributed by atoms with E-state index >= 15 is 0 Å². The second kappa shape index (κ2) is 7.88. The number of benzene rings is 1. The Balaban J connectivity index is 2.16. The quantitative estimate of drug-likeness (QED) is 0.800. The number of carbonyl (C=O) groups is 1. The van der Waals surface area contributed by atoms with Gasteiger partial charge in [-0.1, -0.05) is 18.2 Å². The molecule has 0 saturated heterocycles. The van der Waals surface area contributed by atoms with Crippen LogP contribution in [0.4, 0.5) is 14.5 Å². The number of rotatable bonds is 6. The summed E-state index contributed by atoms with van der Waals surface area (Å²) in [7, 11) is 0. The molecule has 1 aromatic carbocycles. The highest BCUT2D eigenvalue weighted by atomic mass is 32.2. The van der Waals surface area contributed by atoms with E-state index in [2.05, 4.69) is 16.4 Å². The van der Waals surface area contributed by atoms with Crippen molar-refractivity contribution >= 4 is 23.4 Å². The van der Waals surface area contributed by atoms with Gasteiger partial charge in [0.2, 0.25) is 0 Å². The third kappa shape index (κ3) is 4.30. The molecule has 2 rings (SSSR count). The van der Waals surface area contributed by atoms with Gasteiger partial charge in [0.05, 0.1) is 17.7 Å². The molecule has 24 heavy (non-hydrogen) atoms. The van der Waals surface area contributed by atoms with Crippen LogP contribution in [0.15, 0.2) is 53.6 Å². The zero-order valence-corrected chi connectivity index (χ0v) is 13.7. The molecule has 0 fully saturated rings. The second-order valence-corrected chi connectivity index (χ2v) is 6.14. The smallest absolute Gasteiger partial charge is 0.319 e. The van der Waals surface area contributed by atoms with Crippen LogP contribution in [0, 0.1) is 17.2 Å². The minimum absolute atomic E-state index is 0.186. The number of pyridine rings is 1. The van der Waals surface area contributed by atoms with E-state index in [-0.39, 0.29) is 11.6 Å². The molecule has 4 nitrogen and oxygen atoms in total. The summed E-state index contributed by atoms with van der Waals surface area (Å²) in [6, 6.07) is 12.8. The van der Waals surface area contributed by atoms with Crippen molar-refractivity contribution in [2.45, 2.75) is 17.7 Å². The van der Waals surface area contributed by atoms with Gasteiger partial charge in [0, 0.05) is 16.8 Å². The van der Waals surface area contributed by atoms with Crippen LogP contribution < -0.4 is 5.32 Å². The SMILES string of the molecule is CC(C#N)CSc1ccccc1NC(=O)C(F)(F)c1ccccn1. The molecule has 0 bridgehead atoms. The highest BCUT2D eigenvalue weighted by Crippen LogP contribution is 2.32. The number of para-hydroxylation sites is 1. The number of carbonyl (C=O) groups excluding carboxylic acids is 1. The van der Waals surface area contributed by atoms with Crippen LogP contribution in [-0.2, 0) is 10.7 Å². The lowest BCUT2D eigenvalue weighted by atomic mass is 10.2. The number of anilines is 1. The molecule has 0 aliphatic carbocycles. The van der Waals surface area contributed by atoms with Crippen molar-refractivity contribution in [2.24, 2.45) is 5.92 Å². The van der Waals surface area contributed by atoms with E-state index in [9.17, 15) is 13.6 Å². The fraction of sp³-hybridized carbons (Fsp3) is 0.235. The average Bonchev–Trinajstić information content (AvgIpc) is 2.61. The fourth-order valence-corrected chi connectivity index (χ4v) is 2.77. The first kappa shape index (κ1) is 17.9. The summed E-state index contributed by atoms with van der Waals surface area (Å²) in [5, 5.41) is 11.1. The Morgan fingerprint density at radius 2 is 2.04 bits per heavy atom. The summed E-state index contributed by atoms with van der Waals surface area (Å²) < 4.78 is 28.4. The summed E-state index contributed by atoms with van der Waals surface area (Å²) in [5.41, 5.74) is -0.320. The maximum absolute atomic E-state index is 14.2. The van der Waals surface area contributed by atoms with Crippen molar-refractivity contribution in [3.05, 3.63) is 54.4 Å². The maximum atomic E-state index is 14.2. The van der Waals surface area contributed by atoms with Crippen LogP contribution in [0.25, 0.3) is 0 Å². The minimum atomic E-state index is -3.74. The lowest BCUT2D eigenvalue weighted by Gasteiger charge is -2.17. The van der Waals surface area contributed by atoms with Gasteiger partial charge in [-0.3, -0.25) is 9.78 Å². The van der Waals surface area contributed by atoms with Gasteiger partial charge in [-0.15, -0.1) is 11.8 Å². The molecule has 0 radical (unpaired) electrons. The highest BCUT2D eigenvalue weighted by molar-refractivity contribution is 7.99. The molecular formula is C17H15F2N3OS. The van der Waals surface area contributed by atoms with Crippen LogP contribution in [0.2, 0.25) is 0 Å². The number of alkyl halides is 2. The van der Waals surface area contributed by atoms with Crippen molar-refractivity contribution in [1.29, 1.82) is 5.26 Å². The molecule has 0 spiro atoms. The molecule has 124 valence electrons. The Morgan fingerprint density at radius 3 is 2.71 bits per heavy atom. The van der Waals surface area contributed by atoms with Crippen LogP contribution in [0.3, 0.4) is 0 Å². The fourth-order valence-electron chi connectivity index (χ4n) is 1.81. The Morgan fingerprint density at radius 1 is 1.33 bits per heavy atom. The summed E-state index contributed by atoms with van der Waals surface area (Å²) >= 11 is 1.33. The van der Waals surface area contributed by atoms with Crippen LogP contribution in [0.5, 0.6) is 0 Å². The Hall–Kier alpha value is -2.46. The monoisotopic (exact) mass is 347 g/mol. The highest BCUT2D eigenvalue weighted by Gasteiger charge is 2.42. The average molecular weight is 347 g/mol. The first-order valence-electron chi connectivity index (χ1n) is 7.17. The summed E-state index contributed by atoms with van der Waals surface area (Å²) in [5.74, 6) is -4.87. The number of halogens is 2. The molecule has 1 atom stereocenters. The van der Waals surface area contributed by atoms with Crippen LogP contribution in [-0.4, -0.2) is 16.6 Å². The third-order valence-corrected chi connectivity index (χ3v) is 4.45. The molecule has 7 heteroatoms. The minimum Gasteiger partial charge on any atom is -0.319 e. The van der Waals surface area contributed by atoms with E-state index in [1.54, 1.807) is 31.2 Å². The van der Waals surface area contributed by atoms with Gasteiger partial charge >= 0.3 is 11.8 Å². The van der Waals surface area contributed by atoms with Gasteiger partial charge in [0.25, 0.3) is 0 Å². The molecule has 0 saturated carbocycles. The number of nitrogens with zero attached hydrogens (tertiary/aromatic N) is 2. The molecule has 1 unspecified atom stereocenters. The van der Waals surface area contributed by atoms with Crippen LogP contribution >= 0.6 is 11.8 Å². The Labute approximate surface area is 142 Å². The van der Waals surface area contributed by atoms with E-state index < -0.39 is 17.5 Å². The van der Waals surface area contributed by atoms with Crippen molar-refractivity contribution < 1.29 is 13.6 Å². The van der Waals surface area contributed by atoms with E-state index in [0.29, 0.717) is 10.6 Å². The molecule has 0 aliphatic rings. The van der Waals surface area contributed by atoms with Crippen molar-refractivity contribution in [3.8, 4) is 6.07 Å². The lowest BCUT2D eigenvalue weighted by molar-refractivity contribution is -0.141. The van der Waals surface area contributed by atoms with Crippen molar-refractivity contribution in [1.82, 2.24) is 4.98 Å². The number of hydrogen-bond acceptors (Lipinski definition) is 4. The largest absolute Gasteiger partial charge is 0.366 e. The van der Waals surface area contributed by atoms with E-state index in [1.165, 1.54) is 30.1 Å². The first-order valence-corrected chi connectivity index (χ1v) is 8.16. The maximum Gasteiger partial charge on any atom is 0.366 e. The molecule has 1 heterocycles. The third-order valence-electron chi connectivity index (χ3n) is 3.12. The molecule has 1 amide bonds. The van der Waals surface area contributed by atoms with Crippen molar-refractivity contribution in [2.75, 3.05) is 11.1 Å². The predicted octanol–water partition coefficient (Wildman–Crippen LogP) is 4.06. The molecule has 2 aromatic rings. The van der Waals surface area contributed by atoms with Gasteiger partial charge in [-0.05, 0) is 31.2 Å². The second-order valence-electron chi connectivity index (χ2n) is 5.08. The number of aromatic nitrogens is 1. The van der Waals surface area contributed by atoms with Gasteiger partial charge in [-0.2, -0.15) is 14.0 Å². The van der Waals surface area contributed by atoms with Crippen LogP contribution in [0.1, 0.15) is 12.6 Å². The van der Waals surface area contributed by atoms with E-state index in [4.69, 9.17) is 5.26 Å². The number of nitriles is 1. The zero-order chi connectivity index (χ0) is 17.6. The summed E-state index contributed by atoms with van der Waals surface area (Å²) in [4.78, 5) is 16.2. The Bertz CT molecular complexity index is 747. The van der Waals surface area contributed by atoms with Gasteiger partial charge < -0.3 is 5.32 Å². The number of thioether (sulfide) groups is 1. The predicted molar refractivity (Wildman–Crippen MR) is 88.7 cm³/mol. The first-order chi connectivity index (χ1) is 11.4. The van der Waals surface area contributed by atoms with Gasteiger partial charge in [0.1, 0.15) is 5.69 Å². The molecule has 0 aliphatic heterocycles. The van der Waals surface area contributed by atoms with E-state index in [1.807, 2.05) is 0 Å². The van der Waals surface area contributed by atoms with E-state index in [0.717, 1.165) is 6.07 Å². The summed E-state index contributed by atoms with van der Waals surface area (Å²) in [6.07, 6.45) is 1.21. The number of hydrogen-bond donors (Lipinski definition) is 1. The molecule has 1 aromatic heterocycles. The molecule has 1 N–H and O–H groups in total. The lowest BCUT2D eigenvalue weighted by Crippen LogP contribution is -2.33. The standard InChI is InChI=1S/C17H15F2N3OS/c1-12(10-20)11-24-14-7-3-2-6-13(14)22-16(23)17(18,19)15-8-4-5-9-21-15/h2-9,12H,11H2,1H3,(H,22,23). The molecular weight excluding hydrogens is 332 g/mol. The zero-order valence-electron chi connectivity index (χ0n) is 12.9. The van der Waals surface area contributed by atoms with Crippen molar-refractivity contribution in [3.63, 3.8) is 0 Å². The number of nitrogens with one attached hydrogen (secondary N) is 1. The topological polar surface area (TPSA) is 65.8 Å². The Kier molecular flexibility index (Phi) is 5.88. The number of amides is 1. The summed E-state index contributed by atoms with van der Waals surface area (Å²) in [6.45, 7) is 1.77. The normalized spacial score (nSPS) is 12.2. The van der Waals surface area contributed by atoms with Gasteiger partial charge in [0.15, 0.2) is 0 Å². The van der Waals surface area contributed by atoms with Gasteiger partial charge in [-0.25, -0.2) is 0 Å².